The number of benzene rings is 1. The van der Waals surface area contributed by atoms with Crippen LogP contribution in [0.3, 0.4) is 0 Å². The first kappa shape index (κ1) is 16.9. The zero-order valence-electron chi connectivity index (χ0n) is 14.3. The van der Waals surface area contributed by atoms with Gasteiger partial charge in [-0.1, -0.05) is 0 Å². The number of aryl methyl sites for hydroxylation is 1. The van der Waals surface area contributed by atoms with E-state index in [1.807, 2.05) is 25.1 Å². The highest BCUT2D eigenvalue weighted by molar-refractivity contribution is 7.16. The lowest BCUT2D eigenvalue weighted by Crippen LogP contribution is -2.28. The van der Waals surface area contributed by atoms with Gasteiger partial charge in [-0.15, -0.1) is 11.3 Å². The Hall–Kier alpha value is -3.53. The number of hydrogen-bond acceptors (Lipinski definition) is 8. The summed E-state index contributed by atoms with van der Waals surface area (Å²) in [5.74, 6) is -0.570. The monoisotopic (exact) mass is 381 g/mol. The molecule has 3 aromatic heterocycles. The molecule has 5 N–H and O–H groups in total. The maximum atomic E-state index is 12.5. The lowest BCUT2D eigenvalue weighted by Gasteiger charge is -2.14. The van der Waals surface area contributed by atoms with Crippen molar-refractivity contribution in [3.8, 4) is 0 Å². The van der Waals surface area contributed by atoms with E-state index in [1.54, 1.807) is 10.1 Å². The number of pyridine rings is 1. The van der Waals surface area contributed by atoms with Crippen LogP contribution in [-0.4, -0.2) is 25.4 Å². The largest absolute Gasteiger partial charge is 0.384 e. The van der Waals surface area contributed by atoms with Crippen molar-refractivity contribution in [2.24, 2.45) is 5.73 Å². The Morgan fingerprint density at radius 1 is 1.33 bits per heavy atom. The molecule has 0 bridgehead atoms. The van der Waals surface area contributed by atoms with Crippen LogP contribution in [-0.2, 0) is 6.54 Å². The zero-order valence-corrected chi connectivity index (χ0v) is 15.1. The SMILES string of the molecule is CCn1c(N)c(C(N)=O)c(=O)c2cnc(Nc3ccc4ncsc4c3)nc21. The van der Waals surface area contributed by atoms with Crippen molar-refractivity contribution in [3.63, 3.8) is 0 Å². The van der Waals surface area contributed by atoms with Crippen LogP contribution < -0.4 is 22.2 Å². The van der Waals surface area contributed by atoms with E-state index in [4.69, 9.17) is 11.5 Å². The van der Waals surface area contributed by atoms with Crippen LogP contribution in [0.1, 0.15) is 17.3 Å². The molecule has 0 unspecified atom stereocenters. The summed E-state index contributed by atoms with van der Waals surface area (Å²) in [5.41, 5.74) is 14.3. The summed E-state index contributed by atoms with van der Waals surface area (Å²) < 4.78 is 2.59. The van der Waals surface area contributed by atoms with E-state index in [2.05, 4.69) is 20.3 Å². The quantitative estimate of drug-likeness (QED) is 0.489. The van der Waals surface area contributed by atoms with Crippen LogP contribution in [0, 0.1) is 0 Å². The van der Waals surface area contributed by atoms with Gasteiger partial charge < -0.3 is 21.4 Å². The van der Waals surface area contributed by atoms with Crippen molar-refractivity contribution in [2.75, 3.05) is 11.1 Å². The minimum Gasteiger partial charge on any atom is -0.384 e. The highest BCUT2D eigenvalue weighted by atomic mass is 32.1. The molecule has 136 valence electrons. The minimum absolute atomic E-state index is 0.00164. The molecule has 3 heterocycles. The Balaban J connectivity index is 1.85. The molecule has 0 fully saturated rings. The fraction of sp³-hybridized carbons (Fsp3) is 0.118. The minimum atomic E-state index is -0.873. The van der Waals surface area contributed by atoms with Crippen molar-refractivity contribution >= 4 is 55.9 Å². The predicted molar refractivity (Wildman–Crippen MR) is 105 cm³/mol. The lowest BCUT2D eigenvalue weighted by molar-refractivity contribution is 0.1000. The second-order valence-corrected chi connectivity index (χ2v) is 6.67. The summed E-state index contributed by atoms with van der Waals surface area (Å²) >= 11 is 1.53. The van der Waals surface area contributed by atoms with E-state index < -0.39 is 11.3 Å². The van der Waals surface area contributed by atoms with Crippen LogP contribution in [0.4, 0.5) is 17.5 Å². The molecule has 9 nitrogen and oxygen atoms in total. The Labute approximate surface area is 156 Å². The molecule has 0 saturated heterocycles. The zero-order chi connectivity index (χ0) is 19.1. The molecule has 4 aromatic rings. The van der Waals surface area contributed by atoms with E-state index in [0.29, 0.717) is 18.1 Å². The molecule has 1 amide bonds. The average Bonchev–Trinajstić information content (AvgIpc) is 3.09. The molecule has 0 saturated carbocycles. The number of fused-ring (bicyclic) bond motifs is 2. The molecule has 1 aromatic carbocycles. The number of carbonyl (C=O) groups is 1. The summed E-state index contributed by atoms with van der Waals surface area (Å²) in [6, 6.07) is 5.71. The Kier molecular flexibility index (Phi) is 3.96. The van der Waals surface area contributed by atoms with Crippen LogP contribution in [0.15, 0.2) is 34.7 Å². The number of primary amides is 1. The molecule has 0 atom stereocenters. The number of thiazole rings is 1. The van der Waals surface area contributed by atoms with Gasteiger partial charge in [-0.2, -0.15) is 4.98 Å². The van der Waals surface area contributed by atoms with Crippen LogP contribution in [0.2, 0.25) is 0 Å². The summed E-state index contributed by atoms with van der Waals surface area (Å²) in [7, 11) is 0. The van der Waals surface area contributed by atoms with Gasteiger partial charge in [-0.3, -0.25) is 9.59 Å². The number of nitrogen functional groups attached to an aromatic ring is 1. The summed E-state index contributed by atoms with van der Waals surface area (Å²) in [5, 5.41) is 3.30. The molecule has 10 heteroatoms. The van der Waals surface area contributed by atoms with Crippen LogP contribution in [0.25, 0.3) is 21.3 Å². The van der Waals surface area contributed by atoms with Gasteiger partial charge in [0, 0.05) is 18.4 Å². The Morgan fingerprint density at radius 2 is 2.15 bits per heavy atom. The molecule has 4 rings (SSSR count). The van der Waals surface area contributed by atoms with E-state index in [0.717, 1.165) is 15.9 Å². The van der Waals surface area contributed by atoms with Gasteiger partial charge >= 0.3 is 0 Å². The average molecular weight is 381 g/mol. The number of nitrogens with two attached hydrogens (primary N) is 2. The second kappa shape index (κ2) is 6.32. The second-order valence-electron chi connectivity index (χ2n) is 5.79. The number of rotatable bonds is 4. The Bertz CT molecular complexity index is 1260. The van der Waals surface area contributed by atoms with E-state index in [1.165, 1.54) is 17.5 Å². The van der Waals surface area contributed by atoms with Crippen molar-refractivity contribution < 1.29 is 4.79 Å². The summed E-state index contributed by atoms with van der Waals surface area (Å²) in [4.78, 5) is 37.0. The molecule has 27 heavy (non-hydrogen) atoms. The summed E-state index contributed by atoms with van der Waals surface area (Å²) in [6.07, 6.45) is 1.37. The van der Waals surface area contributed by atoms with Gasteiger partial charge in [0.1, 0.15) is 11.4 Å². The summed E-state index contributed by atoms with van der Waals surface area (Å²) in [6.45, 7) is 2.24. The van der Waals surface area contributed by atoms with Crippen LogP contribution in [0.5, 0.6) is 0 Å². The van der Waals surface area contributed by atoms with Gasteiger partial charge in [-0.05, 0) is 25.1 Å². The van der Waals surface area contributed by atoms with Crippen molar-refractivity contribution in [2.45, 2.75) is 13.5 Å². The van der Waals surface area contributed by atoms with E-state index in [9.17, 15) is 9.59 Å². The molecule has 0 aliphatic rings. The van der Waals surface area contributed by atoms with E-state index in [-0.39, 0.29) is 16.8 Å². The van der Waals surface area contributed by atoms with Crippen molar-refractivity contribution in [1.82, 2.24) is 19.5 Å². The number of carbonyl (C=O) groups excluding carboxylic acids is 1. The maximum absolute atomic E-state index is 12.5. The molecular formula is C17H15N7O2S. The number of nitrogens with one attached hydrogen (secondary N) is 1. The van der Waals surface area contributed by atoms with Gasteiger partial charge in [0.05, 0.1) is 21.1 Å². The smallest absolute Gasteiger partial charge is 0.256 e. The third-order valence-corrected chi connectivity index (χ3v) is 4.98. The topological polar surface area (TPSA) is 142 Å². The molecule has 0 radical (unpaired) electrons. The number of hydrogen-bond donors (Lipinski definition) is 3. The molecule has 0 aliphatic carbocycles. The first-order valence-corrected chi connectivity index (χ1v) is 8.96. The first-order valence-electron chi connectivity index (χ1n) is 8.08. The van der Waals surface area contributed by atoms with E-state index >= 15 is 0 Å². The molecule has 0 aliphatic heterocycles. The normalized spacial score (nSPS) is 11.1. The van der Waals surface area contributed by atoms with Crippen molar-refractivity contribution in [1.29, 1.82) is 0 Å². The molecule has 0 spiro atoms. The number of aromatic nitrogens is 4. The highest BCUT2D eigenvalue weighted by Crippen LogP contribution is 2.24. The van der Waals surface area contributed by atoms with Gasteiger partial charge in [0.25, 0.3) is 5.91 Å². The number of anilines is 3. The predicted octanol–water partition coefficient (Wildman–Crippen LogP) is 1.85. The standard InChI is InChI=1S/C17H15N7O2S/c1-2-24-14(18)12(15(19)26)13(25)9-6-20-17(23-16(9)24)22-8-3-4-10-11(5-8)27-7-21-10/h3-7H,2,18H2,1H3,(H2,19,26)(H,20,22,23). The van der Waals surface area contributed by atoms with Crippen LogP contribution >= 0.6 is 11.3 Å². The van der Waals surface area contributed by atoms with Gasteiger partial charge in [0.15, 0.2) is 5.65 Å². The van der Waals surface area contributed by atoms with Gasteiger partial charge in [0.2, 0.25) is 11.4 Å². The Morgan fingerprint density at radius 3 is 2.89 bits per heavy atom. The number of nitrogens with zero attached hydrogens (tertiary/aromatic N) is 4. The van der Waals surface area contributed by atoms with Crippen molar-refractivity contribution in [3.05, 3.63) is 45.7 Å². The molecular weight excluding hydrogens is 366 g/mol. The maximum Gasteiger partial charge on any atom is 0.256 e. The third kappa shape index (κ3) is 2.75. The third-order valence-electron chi connectivity index (χ3n) is 4.19. The highest BCUT2D eigenvalue weighted by Gasteiger charge is 2.19. The number of amides is 1. The van der Waals surface area contributed by atoms with Gasteiger partial charge in [-0.25, -0.2) is 9.97 Å². The first-order chi connectivity index (χ1) is 13.0. The fourth-order valence-electron chi connectivity index (χ4n) is 2.92. The fourth-order valence-corrected chi connectivity index (χ4v) is 3.64. The lowest BCUT2D eigenvalue weighted by atomic mass is 10.2.